The predicted octanol–water partition coefficient (Wildman–Crippen LogP) is 2.51. The van der Waals surface area contributed by atoms with E-state index in [4.69, 9.17) is 11.6 Å². The number of piperidine rings is 1. The predicted molar refractivity (Wildman–Crippen MR) is 83.9 cm³/mol. The third-order valence-corrected chi connectivity index (χ3v) is 5.30. The van der Waals surface area contributed by atoms with Crippen LogP contribution in [0.15, 0.2) is 24.3 Å². The number of ketones is 1. The van der Waals surface area contributed by atoms with E-state index in [1.54, 1.807) is 12.1 Å². The van der Waals surface area contributed by atoms with Gasteiger partial charge in [-0.05, 0) is 36.5 Å². The molecule has 0 saturated carbocycles. The van der Waals surface area contributed by atoms with E-state index < -0.39 is 10.0 Å². The second kappa shape index (κ2) is 6.90. The maximum Gasteiger partial charge on any atom is 0.211 e. The summed E-state index contributed by atoms with van der Waals surface area (Å²) in [4.78, 5) is 12.1. The van der Waals surface area contributed by atoms with Crippen molar-refractivity contribution in [3.63, 3.8) is 0 Å². The molecular weight excluding hydrogens is 310 g/mol. The van der Waals surface area contributed by atoms with E-state index in [1.807, 2.05) is 12.1 Å². The summed E-state index contributed by atoms with van der Waals surface area (Å²) >= 11 is 5.82. The van der Waals surface area contributed by atoms with Crippen LogP contribution < -0.4 is 0 Å². The molecule has 0 amide bonds. The Balaban J connectivity index is 1.89. The van der Waals surface area contributed by atoms with E-state index in [2.05, 4.69) is 0 Å². The van der Waals surface area contributed by atoms with E-state index in [1.165, 1.54) is 10.6 Å². The first-order valence-corrected chi connectivity index (χ1v) is 9.28. The Labute approximate surface area is 131 Å². The van der Waals surface area contributed by atoms with Gasteiger partial charge in [-0.2, -0.15) is 0 Å². The van der Waals surface area contributed by atoms with E-state index >= 15 is 0 Å². The number of rotatable bonds is 5. The summed E-state index contributed by atoms with van der Waals surface area (Å²) in [6.45, 7) is 1.03. The molecule has 2 rings (SSSR count). The van der Waals surface area contributed by atoms with Gasteiger partial charge in [0, 0.05) is 31.0 Å². The minimum Gasteiger partial charge on any atom is -0.299 e. The first-order chi connectivity index (χ1) is 9.84. The van der Waals surface area contributed by atoms with Gasteiger partial charge < -0.3 is 0 Å². The Kier molecular flexibility index (Phi) is 5.41. The van der Waals surface area contributed by atoms with Crippen LogP contribution in [0.1, 0.15) is 24.8 Å². The standard InChI is InChI=1S/C15H20ClNO3S/c1-21(19,20)17-8-2-3-13(11-17)10-15(18)9-12-4-6-14(16)7-5-12/h4-7,13H,2-3,8-11H2,1H3. The molecule has 0 radical (unpaired) electrons. The minimum absolute atomic E-state index is 0.133. The van der Waals surface area contributed by atoms with Crippen LogP contribution in [0, 0.1) is 5.92 Å². The van der Waals surface area contributed by atoms with Gasteiger partial charge in [0.05, 0.1) is 6.26 Å². The monoisotopic (exact) mass is 329 g/mol. The van der Waals surface area contributed by atoms with Crippen molar-refractivity contribution in [2.24, 2.45) is 5.92 Å². The number of hydrogen-bond donors (Lipinski definition) is 0. The third-order valence-electron chi connectivity index (χ3n) is 3.78. The van der Waals surface area contributed by atoms with Crippen LogP contribution in [0.5, 0.6) is 0 Å². The number of sulfonamides is 1. The van der Waals surface area contributed by atoms with Gasteiger partial charge >= 0.3 is 0 Å². The summed E-state index contributed by atoms with van der Waals surface area (Å²) in [5, 5.41) is 0.655. The normalized spacial score (nSPS) is 20.4. The molecule has 1 heterocycles. The Morgan fingerprint density at radius 3 is 2.62 bits per heavy atom. The fraction of sp³-hybridized carbons (Fsp3) is 0.533. The number of halogens is 1. The first-order valence-electron chi connectivity index (χ1n) is 7.06. The maximum atomic E-state index is 12.1. The molecule has 0 N–H and O–H groups in total. The number of carbonyl (C=O) groups is 1. The van der Waals surface area contributed by atoms with Crippen molar-refractivity contribution in [1.29, 1.82) is 0 Å². The number of Topliss-reactive ketones (excluding diaryl/α,β-unsaturated/α-hetero) is 1. The molecule has 1 fully saturated rings. The van der Waals surface area contributed by atoms with Gasteiger partial charge in [0.25, 0.3) is 0 Å². The van der Waals surface area contributed by atoms with Gasteiger partial charge in [-0.3, -0.25) is 4.79 Å². The van der Waals surface area contributed by atoms with Crippen molar-refractivity contribution in [3.05, 3.63) is 34.9 Å². The molecule has 0 bridgehead atoms. The number of hydrogen-bond acceptors (Lipinski definition) is 3. The summed E-state index contributed by atoms with van der Waals surface area (Å²) in [7, 11) is -3.15. The molecule has 4 nitrogen and oxygen atoms in total. The Hall–Kier alpha value is -0.910. The van der Waals surface area contributed by atoms with Gasteiger partial charge in [-0.25, -0.2) is 12.7 Å². The molecule has 1 atom stereocenters. The molecule has 1 aliphatic rings. The molecular formula is C15H20ClNO3S. The summed E-state index contributed by atoms with van der Waals surface area (Å²) < 4.78 is 24.6. The van der Waals surface area contributed by atoms with Crippen molar-refractivity contribution in [1.82, 2.24) is 4.31 Å². The molecule has 0 aromatic heterocycles. The van der Waals surface area contributed by atoms with E-state index in [9.17, 15) is 13.2 Å². The van der Waals surface area contributed by atoms with Gasteiger partial charge in [-0.15, -0.1) is 0 Å². The summed E-state index contributed by atoms with van der Waals surface area (Å²) in [6, 6.07) is 7.25. The largest absolute Gasteiger partial charge is 0.299 e. The van der Waals surface area contributed by atoms with Crippen molar-refractivity contribution < 1.29 is 13.2 Å². The van der Waals surface area contributed by atoms with Crippen molar-refractivity contribution >= 4 is 27.4 Å². The summed E-state index contributed by atoms with van der Waals surface area (Å²) in [5.74, 6) is 0.283. The summed E-state index contributed by atoms with van der Waals surface area (Å²) in [6.07, 6.45) is 3.79. The zero-order chi connectivity index (χ0) is 15.5. The number of nitrogens with zero attached hydrogens (tertiary/aromatic N) is 1. The van der Waals surface area contributed by atoms with Crippen LogP contribution in [0.3, 0.4) is 0 Å². The number of benzene rings is 1. The highest BCUT2D eigenvalue weighted by molar-refractivity contribution is 7.88. The lowest BCUT2D eigenvalue weighted by Crippen LogP contribution is -2.39. The second-order valence-corrected chi connectivity index (χ2v) is 8.09. The minimum atomic E-state index is -3.15. The van der Waals surface area contributed by atoms with Crippen LogP contribution in [0.4, 0.5) is 0 Å². The smallest absolute Gasteiger partial charge is 0.211 e. The quantitative estimate of drug-likeness (QED) is 0.834. The van der Waals surface area contributed by atoms with Crippen molar-refractivity contribution in [3.8, 4) is 0 Å². The van der Waals surface area contributed by atoms with Crippen LogP contribution in [-0.2, 0) is 21.2 Å². The van der Waals surface area contributed by atoms with Gasteiger partial charge in [0.2, 0.25) is 10.0 Å². The van der Waals surface area contributed by atoms with E-state index in [-0.39, 0.29) is 11.7 Å². The van der Waals surface area contributed by atoms with Gasteiger partial charge in [-0.1, -0.05) is 23.7 Å². The highest BCUT2D eigenvalue weighted by Gasteiger charge is 2.27. The Morgan fingerprint density at radius 2 is 2.00 bits per heavy atom. The fourth-order valence-corrected chi connectivity index (χ4v) is 3.79. The molecule has 116 valence electrons. The van der Waals surface area contributed by atoms with Gasteiger partial charge in [0.15, 0.2) is 0 Å². The molecule has 0 aliphatic carbocycles. The third kappa shape index (κ3) is 5.09. The molecule has 21 heavy (non-hydrogen) atoms. The number of carbonyl (C=O) groups excluding carboxylic acids is 1. The topological polar surface area (TPSA) is 54.5 Å². The zero-order valence-electron chi connectivity index (χ0n) is 12.1. The molecule has 1 unspecified atom stereocenters. The van der Waals surface area contributed by atoms with Gasteiger partial charge in [0.1, 0.15) is 5.78 Å². The molecule has 0 spiro atoms. The molecule has 1 aromatic rings. The lowest BCUT2D eigenvalue weighted by molar-refractivity contribution is -0.119. The highest BCUT2D eigenvalue weighted by atomic mass is 35.5. The Morgan fingerprint density at radius 1 is 1.33 bits per heavy atom. The highest BCUT2D eigenvalue weighted by Crippen LogP contribution is 2.22. The van der Waals surface area contributed by atoms with Crippen molar-refractivity contribution in [2.75, 3.05) is 19.3 Å². The lowest BCUT2D eigenvalue weighted by Gasteiger charge is -2.30. The average Bonchev–Trinajstić information content (AvgIpc) is 2.41. The SMILES string of the molecule is CS(=O)(=O)N1CCCC(CC(=O)Cc2ccc(Cl)cc2)C1. The van der Waals surface area contributed by atoms with Crippen LogP contribution in [-0.4, -0.2) is 37.9 Å². The Bertz CT molecular complexity index is 598. The first kappa shape index (κ1) is 16.5. The van der Waals surface area contributed by atoms with E-state index in [0.717, 1.165) is 18.4 Å². The molecule has 6 heteroatoms. The molecule has 1 aromatic carbocycles. The van der Waals surface area contributed by atoms with E-state index in [0.29, 0.717) is 31.0 Å². The molecule has 1 aliphatic heterocycles. The average molecular weight is 330 g/mol. The lowest BCUT2D eigenvalue weighted by atomic mass is 9.92. The van der Waals surface area contributed by atoms with Crippen LogP contribution in [0.25, 0.3) is 0 Å². The fourth-order valence-electron chi connectivity index (χ4n) is 2.72. The zero-order valence-corrected chi connectivity index (χ0v) is 13.7. The van der Waals surface area contributed by atoms with Crippen molar-refractivity contribution in [2.45, 2.75) is 25.7 Å². The molecule has 1 saturated heterocycles. The van der Waals surface area contributed by atoms with Crippen LogP contribution >= 0.6 is 11.6 Å². The maximum absolute atomic E-state index is 12.1. The summed E-state index contributed by atoms with van der Waals surface area (Å²) in [5.41, 5.74) is 0.945. The second-order valence-electron chi connectivity index (χ2n) is 5.68. The van der Waals surface area contributed by atoms with Crippen LogP contribution in [0.2, 0.25) is 5.02 Å².